The molecular formula is C32H31F5N4O5. The van der Waals surface area contributed by atoms with Gasteiger partial charge >= 0.3 is 6.18 Å². The first-order valence-electron chi connectivity index (χ1n) is 14.4. The number of anilines is 1. The van der Waals surface area contributed by atoms with Crippen molar-refractivity contribution in [1.29, 1.82) is 0 Å². The Bertz CT molecular complexity index is 1700. The van der Waals surface area contributed by atoms with Crippen LogP contribution in [0.25, 0.3) is 10.9 Å². The summed E-state index contributed by atoms with van der Waals surface area (Å²) in [6.45, 7) is 2.12. The minimum atomic E-state index is -4.85. The van der Waals surface area contributed by atoms with Gasteiger partial charge in [-0.05, 0) is 73.8 Å². The van der Waals surface area contributed by atoms with Gasteiger partial charge in [-0.25, -0.2) is 8.78 Å². The first-order chi connectivity index (χ1) is 22.0. The number of alkyl halides is 3. The van der Waals surface area contributed by atoms with Gasteiger partial charge in [0.1, 0.15) is 11.6 Å². The highest BCUT2D eigenvalue weighted by Crippen LogP contribution is 2.38. The number of pyridine rings is 1. The summed E-state index contributed by atoms with van der Waals surface area (Å²) in [6.07, 6.45) is -3.13. The summed E-state index contributed by atoms with van der Waals surface area (Å²) < 4.78 is 84.6. The lowest BCUT2D eigenvalue weighted by Crippen LogP contribution is -2.39. The maximum atomic E-state index is 15.1. The van der Waals surface area contributed by atoms with E-state index < -0.39 is 35.5 Å². The molecule has 9 nitrogen and oxygen atoms in total. The lowest BCUT2D eigenvalue weighted by molar-refractivity contribution is -0.140. The molecule has 1 aliphatic rings. The number of hydrogen-bond donors (Lipinski definition) is 4. The molecular weight excluding hydrogens is 615 g/mol. The van der Waals surface area contributed by atoms with E-state index in [4.69, 9.17) is 14.2 Å². The zero-order valence-electron chi connectivity index (χ0n) is 24.6. The summed E-state index contributed by atoms with van der Waals surface area (Å²) in [6, 6.07) is 10.9. The number of aliphatic hydroxyl groups excluding tert-OH is 1. The highest BCUT2D eigenvalue weighted by atomic mass is 19.4. The maximum Gasteiger partial charge on any atom is 0.419 e. The van der Waals surface area contributed by atoms with E-state index in [9.17, 15) is 27.5 Å². The number of fused-ring (bicyclic) bond motifs is 1. The molecule has 4 aromatic rings. The summed E-state index contributed by atoms with van der Waals surface area (Å²) in [7, 11) is 1.52. The summed E-state index contributed by atoms with van der Waals surface area (Å²) in [5.74, 6) is -1.71. The second-order valence-electron chi connectivity index (χ2n) is 10.7. The number of nitrogens with one attached hydrogen (secondary N) is 3. The van der Waals surface area contributed by atoms with Crippen molar-refractivity contribution >= 4 is 22.5 Å². The monoisotopic (exact) mass is 646 g/mol. The van der Waals surface area contributed by atoms with Gasteiger partial charge in [0.05, 0.1) is 24.8 Å². The van der Waals surface area contributed by atoms with Crippen LogP contribution in [0.2, 0.25) is 0 Å². The molecule has 0 radical (unpaired) electrons. The number of aliphatic hydroxyl groups is 1. The van der Waals surface area contributed by atoms with E-state index in [0.29, 0.717) is 52.8 Å². The van der Waals surface area contributed by atoms with Crippen LogP contribution in [0, 0.1) is 17.6 Å². The van der Waals surface area contributed by atoms with Crippen molar-refractivity contribution in [3.05, 3.63) is 83.6 Å². The van der Waals surface area contributed by atoms with Gasteiger partial charge in [0.15, 0.2) is 29.3 Å². The first-order valence-corrected chi connectivity index (χ1v) is 14.4. The standard InChI is InChI=1S/C32H31F5N4O5/c1-44-28-14-21-25(15-29(28)45-17-18-6-9-38-10-7-18)39-11-8-26(21)46-27-5-3-20(13-24(27)34)41-31(43)30(42)40-16-19-2-4-22(23(33)12-19)32(35,36)37/h2-5,8,11-15,18,30,38,40,42H,6-7,9-10,16-17H2,1H3,(H,41,43). The summed E-state index contributed by atoms with van der Waals surface area (Å²) in [5.41, 5.74) is -0.827. The second kappa shape index (κ2) is 14.3. The molecule has 0 bridgehead atoms. The highest BCUT2D eigenvalue weighted by Gasteiger charge is 2.34. The molecule has 0 aliphatic carbocycles. The zero-order chi connectivity index (χ0) is 32.8. The van der Waals surface area contributed by atoms with Crippen molar-refractivity contribution in [3.8, 4) is 23.0 Å². The van der Waals surface area contributed by atoms with Crippen molar-refractivity contribution < 1.29 is 46.1 Å². The van der Waals surface area contributed by atoms with E-state index in [1.807, 2.05) is 0 Å². The van der Waals surface area contributed by atoms with Gasteiger partial charge in [-0.3, -0.25) is 15.1 Å². The number of rotatable bonds is 11. The van der Waals surface area contributed by atoms with Gasteiger partial charge < -0.3 is 30.0 Å². The fourth-order valence-electron chi connectivity index (χ4n) is 4.94. The number of benzene rings is 3. The molecule has 1 atom stereocenters. The van der Waals surface area contributed by atoms with E-state index in [1.165, 1.54) is 25.4 Å². The average Bonchev–Trinajstić information content (AvgIpc) is 3.03. The number of carbonyl (C=O) groups is 1. The largest absolute Gasteiger partial charge is 0.493 e. The summed E-state index contributed by atoms with van der Waals surface area (Å²) in [4.78, 5) is 16.8. The number of piperidine rings is 1. The molecule has 0 saturated carbocycles. The molecule has 0 spiro atoms. The molecule has 2 heterocycles. The zero-order valence-corrected chi connectivity index (χ0v) is 24.6. The Morgan fingerprint density at radius 3 is 2.48 bits per heavy atom. The van der Waals surface area contributed by atoms with E-state index in [1.54, 1.807) is 18.2 Å². The Morgan fingerprint density at radius 2 is 1.78 bits per heavy atom. The molecule has 1 saturated heterocycles. The lowest BCUT2D eigenvalue weighted by Gasteiger charge is -2.23. The molecule has 1 aromatic heterocycles. The fourth-order valence-corrected chi connectivity index (χ4v) is 4.94. The molecule has 1 unspecified atom stereocenters. The third-order valence-corrected chi connectivity index (χ3v) is 7.43. The molecule has 244 valence electrons. The number of aromatic nitrogens is 1. The molecule has 4 N–H and O–H groups in total. The van der Waals surface area contributed by atoms with Gasteiger partial charge in [0.2, 0.25) is 0 Å². The van der Waals surface area contributed by atoms with Crippen LogP contribution in [0.3, 0.4) is 0 Å². The van der Waals surface area contributed by atoms with Crippen LogP contribution < -0.4 is 30.2 Å². The normalized spacial score (nSPS) is 14.6. The number of halogens is 5. The predicted molar refractivity (Wildman–Crippen MR) is 159 cm³/mol. The van der Waals surface area contributed by atoms with Gasteiger partial charge in [0.25, 0.3) is 5.91 Å². The Hall–Kier alpha value is -4.53. The number of ether oxygens (including phenoxy) is 3. The number of methoxy groups -OCH3 is 1. The van der Waals surface area contributed by atoms with Crippen molar-refractivity contribution in [2.24, 2.45) is 5.92 Å². The summed E-state index contributed by atoms with van der Waals surface area (Å²) in [5, 5.41) is 18.7. The van der Waals surface area contributed by atoms with Crippen molar-refractivity contribution in [3.63, 3.8) is 0 Å². The van der Waals surface area contributed by atoms with E-state index >= 15 is 4.39 Å². The Balaban J connectivity index is 1.22. The molecule has 46 heavy (non-hydrogen) atoms. The number of hydrogen-bond acceptors (Lipinski definition) is 8. The minimum absolute atomic E-state index is 0.00642. The van der Waals surface area contributed by atoms with Crippen molar-refractivity contribution in [1.82, 2.24) is 15.6 Å². The Labute approximate surface area is 260 Å². The Morgan fingerprint density at radius 1 is 1.00 bits per heavy atom. The molecule has 5 rings (SSSR count). The number of nitrogens with zero attached hydrogens (tertiary/aromatic N) is 1. The molecule has 3 aromatic carbocycles. The molecule has 1 amide bonds. The second-order valence-corrected chi connectivity index (χ2v) is 10.7. The van der Waals surface area contributed by atoms with Gasteiger partial charge in [-0.1, -0.05) is 6.07 Å². The van der Waals surface area contributed by atoms with E-state index in [0.717, 1.165) is 38.1 Å². The maximum absolute atomic E-state index is 15.1. The van der Waals surface area contributed by atoms with Crippen molar-refractivity contribution in [2.75, 3.05) is 32.1 Å². The number of carbonyl (C=O) groups excluding carboxylic acids is 1. The van der Waals surface area contributed by atoms with Gasteiger partial charge in [0, 0.05) is 35.9 Å². The number of amides is 1. The molecule has 14 heteroatoms. The van der Waals surface area contributed by atoms with E-state index in [2.05, 4.69) is 20.9 Å². The van der Waals surface area contributed by atoms with Crippen LogP contribution in [-0.4, -0.2) is 49.0 Å². The van der Waals surface area contributed by atoms with Gasteiger partial charge in [-0.2, -0.15) is 13.2 Å². The third kappa shape index (κ3) is 8.00. The third-order valence-electron chi connectivity index (χ3n) is 7.43. The van der Waals surface area contributed by atoms with Crippen LogP contribution in [0.15, 0.2) is 60.8 Å². The SMILES string of the molecule is COc1cc2c(Oc3ccc(NC(=O)C(O)NCc4ccc(C(F)(F)F)c(F)c4)cc3F)ccnc2cc1OCC1CCNCC1. The minimum Gasteiger partial charge on any atom is -0.493 e. The lowest BCUT2D eigenvalue weighted by atomic mass is 9.99. The predicted octanol–water partition coefficient (Wildman–Crippen LogP) is 5.76. The average molecular weight is 647 g/mol. The van der Waals surface area contributed by atoms with Crippen LogP contribution in [-0.2, 0) is 17.5 Å². The van der Waals surface area contributed by atoms with Crippen LogP contribution in [0.4, 0.5) is 27.6 Å². The van der Waals surface area contributed by atoms with Gasteiger partial charge in [-0.15, -0.1) is 0 Å². The quantitative estimate of drug-likeness (QED) is 0.120. The van der Waals surface area contributed by atoms with Crippen molar-refractivity contribution in [2.45, 2.75) is 31.8 Å². The fraction of sp³-hybridized carbons (Fsp3) is 0.312. The van der Waals surface area contributed by atoms with Crippen LogP contribution >= 0.6 is 0 Å². The van der Waals surface area contributed by atoms with Crippen LogP contribution in [0.1, 0.15) is 24.0 Å². The van der Waals surface area contributed by atoms with E-state index in [-0.39, 0.29) is 23.5 Å². The molecule has 1 fully saturated rings. The van der Waals surface area contributed by atoms with Crippen LogP contribution in [0.5, 0.6) is 23.0 Å². The summed E-state index contributed by atoms with van der Waals surface area (Å²) >= 11 is 0. The topological polar surface area (TPSA) is 114 Å². The first kappa shape index (κ1) is 32.9. The molecule has 1 aliphatic heterocycles. The smallest absolute Gasteiger partial charge is 0.419 e. The Kier molecular flexibility index (Phi) is 10.2. The highest BCUT2D eigenvalue weighted by molar-refractivity contribution is 5.93.